The Bertz CT molecular complexity index is 547. The van der Waals surface area contributed by atoms with Gasteiger partial charge in [0.2, 0.25) is 11.8 Å². The van der Waals surface area contributed by atoms with Crippen LogP contribution in [-0.2, 0) is 16.1 Å². The zero-order valence-corrected chi connectivity index (χ0v) is 14.0. The van der Waals surface area contributed by atoms with Crippen molar-refractivity contribution in [2.24, 2.45) is 11.7 Å². The number of hydrogen-bond donors (Lipinski definition) is 2. The van der Waals surface area contributed by atoms with Gasteiger partial charge in [0.05, 0.1) is 12.0 Å². The Labute approximate surface area is 137 Å². The Hall–Kier alpha value is -1.89. The molecule has 0 saturated carbocycles. The molecule has 3 N–H and O–H groups in total. The highest BCUT2D eigenvalue weighted by atomic mass is 16.2. The lowest BCUT2D eigenvalue weighted by Crippen LogP contribution is -2.40. The average molecular weight is 321 g/mol. The number of aryl methyl sites for hydroxylation is 1. The minimum absolute atomic E-state index is 0.00181. The van der Waals surface area contributed by atoms with Crippen LogP contribution in [0, 0.1) is 19.8 Å². The van der Waals surface area contributed by atoms with Crippen LogP contribution in [0.4, 0.5) is 0 Å². The number of nitrogens with two attached hydrogens (primary N) is 1. The fourth-order valence-corrected chi connectivity index (χ4v) is 2.87. The van der Waals surface area contributed by atoms with Crippen molar-refractivity contribution in [3.05, 3.63) is 17.7 Å². The first-order valence-corrected chi connectivity index (χ1v) is 8.24. The quantitative estimate of drug-likeness (QED) is 0.750. The van der Waals surface area contributed by atoms with Crippen LogP contribution in [0.3, 0.4) is 0 Å². The number of hydrogen-bond acceptors (Lipinski definition) is 4. The molecule has 7 heteroatoms. The summed E-state index contributed by atoms with van der Waals surface area (Å²) in [6, 6.07) is 0. The lowest BCUT2D eigenvalue weighted by molar-refractivity contribution is -0.124. The topological polar surface area (TPSA) is 93.2 Å². The molecule has 7 nitrogen and oxygen atoms in total. The second-order valence-electron chi connectivity index (χ2n) is 6.23. The van der Waals surface area contributed by atoms with Crippen LogP contribution in [0.2, 0.25) is 0 Å². The number of piperidine rings is 1. The van der Waals surface area contributed by atoms with E-state index >= 15 is 0 Å². The van der Waals surface area contributed by atoms with E-state index in [2.05, 4.69) is 15.2 Å². The molecule has 128 valence electrons. The lowest BCUT2D eigenvalue weighted by Gasteiger charge is -2.30. The minimum atomic E-state index is -0.201. The van der Waals surface area contributed by atoms with Crippen LogP contribution in [0.25, 0.3) is 0 Å². The monoisotopic (exact) mass is 321 g/mol. The third-order valence-corrected chi connectivity index (χ3v) is 4.67. The number of nitrogens with zero attached hydrogens (tertiary/aromatic N) is 3. The SMILES string of the molecule is Cc1ncn(CCNC(=O)CCN2CCC(C(N)=O)CC2)c1C. The second kappa shape index (κ2) is 8.10. The van der Waals surface area contributed by atoms with Gasteiger partial charge in [0.1, 0.15) is 0 Å². The number of amides is 2. The van der Waals surface area contributed by atoms with E-state index in [1.165, 1.54) is 0 Å². The summed E-state index contributed by atoms with van der Waals surface area (Å²) < 4.78 is 2.05. The van der Waals surface area contributed by atoms with Crippen LogP contribution >= 0.6 is 0 Å². The molecule has 1 fully saturated rings. The molecular formula is C16H27N5O2. The van der Waals surface area contributed by atoms with E-state index in [4.69, 9.17) is 5.73 Å². The summed E-state index contributed by atoms with van der Waals surface area (Å²) in [6.45, 7) is 7.77. The zero-order valence-electron chi connectivity index (χ0n) is 14.0. The van der Waals surface area contributed by atoms with E-state index < -0.39 is 0 Å². The fraction of sp³-hybridized carbons (Fsp3) is 0.688. The maximum absolute atomic E-state index is 11.9. The molecule has 0 aliphatic carbocycles. The summed E-state index contributed by atoms with van der Waals surface area (Å²) in [5.74, 6) is -0.133. The van der Waals surface area contributed by atoms with Gasteiger partial charge in [-0.15, -0.1) is 0 Å². The predicted octanol–water partition coefficient (Wildman–Crippen LogP) is 0.204. The highest BCUT2D eigenvalue weighted by Crippen LogP contribution is 2.16. The summed E-state index contributed by atoms with van der Waals surface area (Å²) in [7, 11) is 0. The van der Waals surface area contributed by atoms with E-state index in [9.17, 15) is 9.59 Å². The predicted molar refractivity (Wildman–Crippen MR) is 87.7 cm³/mol. The van der Waals surface area contributed by atoms with E-state index in [-0.39, 0.29) is 17.7 Å². The third-order valence-electron chi connectivity index (χ3n) is 4.67. The second-order valence-corrected chi connectivity index (χ2v) is 6.23. The number of rotatable bonds is 7. The van der Waals surface area contributed by atoms with Gasteiger partial charge in [-0.1, -0.05) is 0 Å². The van der Waals surface area contributed by atoms with Crippen molar-refractivity contribution in [1.29, 1.82) is 0 Å². The summed E-state index contributed by atoms with van der Waals surface area (Å²) in [4.78, 5) is 29.5. The summed E-state index contributed by atoms with van der Waals surface area (Å²) >= 11 is 0. The van der Waals surface area contributed by atoms with Crippen molar-refractivity contribution in [1.82, 2.24) is 19.8 Å². The van der Waals surface area contributed by atoms with Gasteiger partial charge in [-0.05, 0) is 39.8 Å². The molecular weight excluding hydrogens is 294 g/mol. The Balaban J connectivity index is 1.60. The molecule has 2 heterocycles. The highest BCUT2D eigenvalue weighted by molar-refractivity contribution is 5.77. The van der Waals surface area contributed by atoms with Gasteiger partial charge in [-0.2, -0.15) is 0 Å². The van der Waals surface area contributed by atoms with E-state index in [1.54, 1.807) is 6.33 Å². The summed E-state index contributed by atoms with van der Waals surface area (Å²) in [5.41, 5.74) is 7.48. The number of likely N-dealkylation sites (tertiary alicyclic amines) is 1. The molecule has 0 bridgehead atoms. The van der Waals surface area contributed by atoms with Crippen molar-refractivity contribution >= 4 is 11.8 Å². The largest absolute Gasteiger partial charge is 0.369 e. The summed E-state index contributed by atoms with van der Waals surface area (Å²) in [6.07, 6.45) is 3.90. The first kappa shape index (κ1) is 17.5. The molecule has 2 amide bonds. The van der Waals surface area contributed by atoms with Gasteiger partial charge in [-0.25, -0.2) is 4.98 Å². The molecule has 1 aliphatic heterocycles. The smallest absolute Gasteiger partial charge is 0.221 e. The molecule has 0 radical (unpaired) electrons. The van der Waals surface area contributed by atoms with Gasteiger partial charge in [-0.3, -0.25) is 9.59 Å². The lowest BCUT2D eigenvalue weighted by atomic mass is 9.96. The van der Waals surface area contributed by atoms with Gasteiger partial charge >= 0.3 is 0 Å². The van der Waals surface area contributed by atoms with Crippen molar-refractivity contribution in [3.63, 3.8) is 0 Å². The molecule has 23 heavy (non-hydrogen) atoms. The first-order valence-electron chi connectivity index (χ1n) is 8.24. The maximum Gasteiger partial charge on any atom is 0.221 e. The number of nitrogens with one attached hydrogen (secondary N) is 1. The maximum atomic E-state index is 11.9. The number of aromatic nitrogens is 2. The van der Waals surface area contributed by atoms with Crippen LogP contribution in [0.5, 0.6) is 0 Å². The molecule has 1 aliphatic rings. The molecule has 1 aromatic heterocycles. The van der Waals surface area contributed by atoms with Crippen molar-refractivity contribution < 1.29 is 9.59 Å². The average Bonchev–Trinajstić information content (AvgIpc) is 2.85. The van der Waals surface area contributed by atoms with Crippen LogP contribution in [0.1, 0.15) is 30.7 Å². The number of primary amides is 1. The highest BCUT2D eigenvalue weighted by Gasteiger charge is 2.23. The van der Waals surface area contributed by atoms with Crippen molar-refractivity contribution in [2.75, 3.05) is 26.2 Å². The Morgan fingerprint density at radius 3 is 2.57 bits per heavy atom. The Morgan fingerprint density at radius 2 is 2.00 bits per heavy atom. The van der Waals surface area contributed by atoms with Crippen molar-refractivity contribution in [3.8, 4) is 0 Å². The number of imidazole rings is 1. The minimum Gasteiger partial charge on any atom is -0.369 e. The van der Waals surface area contributed by atoms with Crippen LogP contribution in [0.15, 0.2) is 6.33 Å². The van der Waals surface area contributed by atoms with E-state index in [0.717, 1.165) is 50.4 Å². The van der Waals surface area contributed by atoms with E-state index in [1.807, 2.05) is 18.4 Å². The molecule has 0 spiro atoms. The molecule has 0 aromatic carbocycles. The van der Waals surface area contributed by atoms with Gasteiger partial charge in [0.25, 0.3) is 0 Å². The normalized spacial score (nSPS) is 16.4. The van der Waals surface area contributed by atoms with Crippen LogP contribution < -0.4 is 11.1 Å². The Kier molecular flexibility index (Phi) is 6.15. The molecule has 1 aromatic rings. The Morgan fingerprint density at radius 1 is 1.30 bits per heavy atom. The van der Waals surface area contributed by atoms with E-state index in [0.29, 0.717) is 13.0 Å². The zero-order chi connectivity index (χ0) is 16.8. The molecule has 2 rings (SSSR count). The standard InChI is InChI=1S/C16H27N5O2/c1-12-13(2)21(11-19-12)10-6-18-15(22)5-9-20-7-3-14(4-8-20)16(17)23/h11,14H,3-10H2,1-2H3,(H2,17,23)(H,18,22). The first-order chi connectivity index (χ1) is 11.0. The molecule has 1 saturated heterocycles. The molecule has 0 atom stereocenters. The van der Waals surface area contributed by atoms with Gasteiger partial charge in [0, 0.05) is 37.7 Å². The summed E-state index contributed by atoms with van der Waals surface area (Å²) in [5, 5.41) is 2.95. The number of carbonyl (C=O) groups is 2. The van der Waals surface area contributed by atoms with Crippen LogP contribution in [-0.4, -0.2) is 52.4 Å². The number of carbonyl (C=O) groups excluding carboxylic acids is 2. The van der Waals surface area contributed by atoms with Crippen molar-refractivity contribution in [2.45, 2.75) is 39.7 Å². The van der Waals surface area contributed by atoms with Gasteiger partial charge < -0.3 is 20.5 Å². The molecule has 0 unspecified atom stereocenters. The fourth-order valence-electron chi connectivity index (χ4n) is 2.87. The van der Waals surface area contributed by atoms with Gasteiger partial charge in [0.15, 0.2) is 0 Å². The third kappa shape index (κ3) is 5.06.